The van der Waals surface area contributed by atoms with Gasteiger partial charge in [-0.3, -0.25) is 0 Å². The fourth-order valence-electron chi connectivity index (χ4n) is 2.33. The van der Waals surface area contributed by atoms with Gasteiger partial charge in [-0.25, -0.2) is 4.39 Å². The molecule has 1 unspecified atom stereocenters. The number of rotatable bonds is 12. The van der Waals surface area contributed by atoms with Crippen molar-refractivity contribution in [3.63, 3.8) is 0 Å². The molecule has 0 bridgehead atoms. The third-order valence-electron chi connectivity index (χ3n) is 3.46. The van der Waals surface area contributed by atoms with E-state index in [4.69, 9.17) is 9.47 Å². The van der Waals surface area contributed by atoms with E-state index < -0.39 is 0 Å². The van der Waals surface area contributed by atoms with E-state index in [1.54, 1.807) is 7.11 Å². The smallest absolute Gasteiger partial charge is 0.123 e. The lowest BCUT2D eigenvalue weighted by Gasteiger charge is -2.18. The maximum Gasteiger partial charge on any atom is 0.123 e. The Morgan fingerprint density at radius 2 is 1.95 bits per heavy atom. The van der Waals surface area contributed by atoms with E-state index in [0.717, 1.165) is 52.2 Å². The predicted octanol–water partition coefficient (Wildman–Crippen LogP) is 3.04. The molecule has 1 aromatic rings. The van der Waals surface area contributed by atoms with Crippen molar-refractivity contribution in [1.29, 1.82) is 0 Å². The van der Waals surface area contributed by atoms with Crippen LogP contribution >= 0.6 is 0 Å². The van der Waals surface area contributed by atoms with Gasteiger partial charge < -0.3 is 14.8 Å². The van der Waals surface area contributed by atoms with Crippen LogP contribution < -0.4 is 5.32 Å². The van der Waals surface area contributed by atoms with Crippen molar-refractivity contribution in [2.45, 2.75) is 26.2 Å². The summed E-state index contributed by atoms with van der Waals surface area (Å²) >= 11 is 0. The van der Waals surface area contributed by atoms with Crippen LogP contribution in [0, 0.1) is 11.7 Å². The lowest BCUT2D eigenvalue weighted by molar-refractivity contribution is 0.139. The molecule has 0 saturated carbocycles. The molecule has 0 aliphatic rings. The fraction of sp³-hybridized carbons (Fsp3) is 0.647. The molecule has 0 spiro atoms. The van der Waals surface area contributed by atoms with E-state index in [1.165, 1.54) is 17.7 Å². The number of nitrogens with one attached hydrogen (secondary N) is 1. The highest BCUT2D eigenvalue weighted by Gasteiger charge is 2.10. The molecule has 0 amide bonds. The Kier molecular flexibility index (Phi) is 10.0. The van der Waals surface area contributed by atoms with Crippen molar-refractivity contribution in [2.24, 2.45) is 5.92 Å². The number of hydrogen-bond donors (Lipinski definition) is 1. The molecule has 0 saturated heterocycles. The van der Waals surface area contributed by atoms with Gasteiger partial charge in [0.15, 0.2) is 0 Å². The van der Waals surface area contributed by atoms with Crippen LogP contribution in [-0.4, -0.2) is 40.0 Å². The molecule has 1 aromatic carbocycles. The summed E-state index contributed by atoms with van der Waals surface area (Å²) in [5.74, 6) is 0.359. The summed E-state index contributed by atoms with van der Waals surface area (Å²) in [5.41, 5.74) is 1.19. The molecule has 0 fully saturated rings. The third-order valence-corrected chi connectivity index (χ3v) is 3.46. The van der Waals surface area contributed by atoms with Crippen molar-refractivity contribution in [2.75, 3.05) is 40.0 Å². The average molecular weight is 297 g/mol. The van der Waals surface area contributed by atoms with Gasteiger partial charge in [-0.1, -0.05) is 12.1 Å². The Morgan fingerprint density at radius 1 is 1.19 bits per heavy atom. The van der Waals surface area contributed by atoms with E-state index >= 15 is 0 Å². The summed E-state index contributed by atoms with van der Waals surface area (Å²) in [7, 11) is 1.71. The van der Waals surface area contributed by atoms with E-state index in [9.17, 15) is 4.39 Å². The molecule has 21 heavy (non-hydrogen) atoms. The zero-order valence-corrected chi connectivity index (χ0v) is 13.2. The van der Waals surface area contributed by atoms with Crippen LogP contribution in [-0.2, 0) is 15.9 Å². The fourth-order valence-corrected chi connectivity index (χ4v) is 2.33. The molecular weight excluding hydrogens is 269 g/mol. The van der Waals surface area contributed by atoms with Crippen LogP contribution in [0.3, 0.4) is 0 Å². The summed E-state index contributed by atoms with van der Waals surface area (Å²) in [6.07, 6.45) is 3.13. The molecule has 1 atom stereocenters. The standard InChI is InChI=1S/C17H28FNO2/c1-3-21-11-4-5-16(14-19-10-12-20-2)13-15-6-8-17(18)9-7-15/h6-9,16,19H,3-5,10-14H2,1-2H3. The van der Waals surface area contributed by atoms with Crippen LogP contribution in [0.2, 0.25) is 0 Å². The topological polar surface area (TPSA) is 30.5 Å². The molecule has 0 aromatic heterocycles. The SMILES string of the molecule is CCOCCCC(CNCCOC)Cc1ccc(F)cc1. The minimum absolute atomic E-state index is 0.176. The Labute approximate surface area is 127 Å². The predicted molar refractivity (Wildman–Crippen MR) is 84.1 cm³/mol. The van der Waals surface area contributed by atoms with Gasteiger partial charge in [0.2, 0.25) is 0 Å². The molecular formula is C17H28FNO2. The van der Waals surface area contributed by atoms with Crippen LogP contribution in [0.5, 0.6) is 0 Å². The second-order valence-corrected chi connectivity index (χ2v) is 5.23. The first kappa shape index (κ1) is 18.1. The average Bonchev–Trinajstić information content (AvgIpc) is 2.50. The highest BCUT2D eigenvalue weighted by molar-refractivity contribution is 5.16. The molecule has 0 heterocycles. The van der Waals surface area contributed by atoms with Gasteiger partial charge in [-0.2, -0.15) is 0 Å². The Balaban J connectivity index is 2.39. The zero-order chi connectivity index (χ0) is 15.3. The highest BCUT2D eigenvalue weighted by atomic mass is 19.1. The van der Waals surface area contributed by atoms with Gasteiger partial charge in [0, 0.05) is 26.9 Å². The minimum Gasteiger partial charge on any atom is -0.383 e. The normalized spacial score (nSPS) is 12.5. The summed E-state index contributed by atoms with van der Waals surface area (Å²) in [6.45, 7) is 6.14. The van der Waals surface area contributed by atoms with Gasteiger partial charge >= 0.3 is 0 Å². The van der Waals surface area contributed by atoms with Gasteiger partial charge in [-0.15, -0.1) is 0 Å². The summed E-state index contributed by atoms with van der Waals surface area (Å²) in [5, 5.41) is 3.42. The van der Waals surface area contributed by atoms with Crippen molar-refractivity contribution in [1.82, 2.24) is 5.32 Å². The lowest BCUT2D eigenvalue weighted by Crippen LogP contribution is -2.27. The van der Waals surface area contributed by atoms with Crippen LogP contribution in [0.25, 0.3) is 0 Å². The quantitative estimate of drug-likeness (QED) is 0.602. The summed E-state index contributed by atoms with van der Waals surface area (Å²) in [4.78, 5) is 0. The molecule has 0 aliphatic carbocycles. The van der Waals surface area contributed by atoms with Gasteiger partial charge in [-0.05, 0) is 56.3 Å². The zero-order valence-electron chi connectivity index (χ0n) is 13.2. The van der Waals surface area contributed by atoms with Crippen LogP contribution in [0.4, 0.5) is 4.39 Å². The molecule has 4 heteroatoms. The highest BCUT2D eigenvalue weighted by Crippen LogP contribution is 2.14. The van der Waals surface area contributed by atoms with Crippen molar-refractivity contribution in [3.05, 3.63) is 35.6 Å². The molecule has 3 nitrogen and oxygen atoms in total. The third kappa shape index (κ3) is 8.81. The summed E-state index contributed by atoms with van der Waals surface area (Å²) in [6, 6.07) is 6.82. The maximum atomic E-state index is 13.0. The maximum absolute atomic E-state index is 13.0. The Bertz CT molecular complexity index is 344. The van der Waals surface area contributed by atoms with E-state index in [2.05, 4.69) is 5.32 Å². The number of ether oxygens (including phenoxy) is 2. The van der Waals surface area contributed by atoms with Gasteiger partial charge in [0.25, 0.3) is 0 Å². The number of benzene rings is 1. The first-order valence-corrected chi connectivity index (χ1v) is 7.78. The lowest BCUT2D eigenvalue weighted by atomic mass is 9.94. The number of methoxy groups -OCH3 is 1. The molecule has 1 N–H and O–H groups in total. The monoisotopic (exact) mass is 297 g/mol. The number of halogens is 1. The molecule has 1 rings (SSSR count). The van der Waals surface area contributed by atoms with Crippen LogP contribution in [0.1, 0.15) is 25.3 Å². The van der Waals surface area contributed by atoms with E-state index in [0.29, 0.717) is 5.92 Å². The molecule has 0 aliphatic heterocycles. The number of hydrogen-bond acceptors (Lipinski definition) is 3. The Morgan fingerprint density at radius 3 is 2.62 bits per heavy atom. The van der Waals surface area contributed by atoms with Crippen LogP contribution in [0.15, 0.2) is 24.3 Å². The first-order chi connectivity index (χ1) is 10.3. The van der Waals surface area contributed by atoms with Gasteiger partial charge in [0.05, 0.1) is 6.61 Å². The Hall–Kier alpha value is -0.970. The van der Waals surface area contributed by atoms with Crippen molar-refractivity contribution >= 4 is 0 Å². The van der Waals surface area contributed by atoms with E-state index in [1.807, 2.05) is 19.1 Å². The first-order valence-electron chi connectivity index (χ1n) is 7.78. The molecule has 120 valence electrons. The minimum atomic E-state index is -0.176. The second kappa shape index (κ2) is 11.7. The van der Waals surface area contributed by atoms with Crippen molar-refractivity contribution < 1.29 is 13.9 Å². The summed E-state index contributed by atoms with van der Waals surface area (Å²) < 4.78 is 23.4. The largest absolute Gasteiger partial charge is 0.383 e. The van der Waals surface area contributed by atoms with E-state index in [-0.39, 0.29) is 5.82 Å². The van der Waals surface area contributed by atoms with Crippen molar-refractivity contribution in [3.8, 4) is 0 Å². The second-order valence-electron chi connectivity index (χ2n) is 5.23. The van der Waals surface area contributed by atoms with Gasteiger partial charge in [0.1, 0.15) is 5.82 Å². The molecule has 0 radical (unpaired) electrons.